The summed E-state index contributed by atoms with van der Waals surface area (Å²) in [7, 11) is 0. The van der Waals surface area contributed by atoms with E-state index >= 15 is 0 Å². The number of unbranched alkanes of at least 4 members (excludes halogenated alkanes) is 1. The standard InChI is InChI=1S/C17H23N3O5/c18-8-4-5-9-19-15(21)12(10-11-6-2-1-3-7-11)20-16(22)13-14(25-13)17(23)24/h1-3,6-7,12-14H,4-5,8-10,18H2,(H,19,21)(H,20,22)(H,23,24)/t12-,13-,14-/m0/s1. The predicted molar refractivity (Wildman–Crippen MR) is 89.7 cm³/mol. The van der Waals surface area contributed by atoms with Crippen molar-refractivity contribution in [2.45, 2.75) is 37.5 Å². The first-order valence-electron chi connectivity index (χ1n) is 8.23. The van der Waals surface area contributed by atoms with Crippen molar-refractivity contribution in [2.24, 2.45) is 5.73 Å². The molecular weight excluding hydrogens is 326 g/mol. The largest absolute Gasteiger partial charge is 0.479 e. The zero-order valence-corrected chi connectivity index (χ0v) is 13.8. The Hall–Kier alpha value is -2.45. The highest BCUT2D eigenvalue weighted by molar-refractivity contribution is 5.95. The number of amides is 2. The van der Waals surface area contributed by atoms with Crippen LogP contribution in [0.5, 0.6) is 0 Å². The molecule has 1 saturated heterocycles. The molecule has 1 aliphatic rings. The normalized spacial score (nSPS) is 19.7. The van der Waals surface area contributed by atoms with Crippen molar-refractivity contribution in [3.05, 3.63) is 35.9 Å². The fourth-order valence-electron chi connectivity index (χ4n) is 2.42. The summed E-state index contributed by atoms with van der Waals surface area (Å²) in [5.41, 5.74) is 6.30. The average molecular weight is 349 g/mol. The fourth-order valence-corrected chi connectivity index (χ4v) is 2.42. The van der Waals surface area contributed by atoms with E-state index in [0.29, 0.717) is 19.5 Å². The zero-order chi connectivity index (χ0) is 18.2. The van der Waals surface area contributed by atoms with Crippen LogP contribution < -0.4 is 16.4 Å². The van der Waals surface area contributed by atoms with Gasteiger partial charge in [-0.2, -0.15) is 0 Å². The summed E-state index contributed by atoms with van der Waals surface area (Å²) in [4.78, 5) is 35.3. The number of ether oxygens (including phenoxy) is 1. The van der Waals surface area contributed by atoms with E-state index in [0.717, 1.165) is 18.4 Å². The predicted octanol–water partition coefficient (Wildman–Crippen LogP) is -0.579. The Balaban J connectivity index is 1.95. The van der Waals surface area contributed by atoms with Crippen LogP contribution in [-0.2, 0) is 25.5 Å². The second-order valence-corrected chi connectivity index (χ2v) is 5.85. The minimum Gasteiger partial charge on any atom is -0.479 e. The third kappa shape index (κ3) is 5.84. The minimum absolute atomic E-state index is 0.305. The molecule has 1 aromatic rings. The Bertz CT molecular complexity index is 608. The molecule has 0 radical (unpaired) electrons. The smallest absolute Gasteiger partial charge is 0.336 e. The molecule has 0 aliphatic carbocycles. The lowest BCUT2D eigenvalue weighted by Crippen LogP contribution is -2.49. The number of hydrogen-bond acceptors (Lipinski definition) is 5. The average Bonchev–Trinajstić information content (AvgIpc) is 3.40. The molecule has 2 rings (SSSR count). The molecule has 1 aliphatic heterocycles. The molecular formula is C17H23N3O5. The molecule has 8 nitrogen and oxygen atoms in total. The van der Waals surface area contributed by atoms with Crippen LogP contribution in [0, 0.1) is 0 Å². The Morgan fingerprint density at radius 3 is 2.48 bits per heavy atom. The van der Waals surface area contributed by atoms with Crippen molar-refractivity contribution in [3.8, 4) is 0 Å². The number of carbonyl (C=O) groups excluding carboxylic acids is 2. The summed E-state index contributed by atoms with van der Waals surface area (Å²) in [5.74, 6) is -2.10. The van der Waals surface area contributed by atoms with Gasteiger partial charge >= 0.3 is 5.97 Å². The molecule has 25 heavy (non-hydrogen) atoms. The molecule has 0 aromatic heterocycles. The summed E-state index contributed by atoms with van der Waals surface area (Å²) in [6.07, 6.45) is -0.321. The van der Waals surface area contributed by atoms with Crippen molar-refractivity contribution < 1.29 is 24.2 Å². The monoisotopic (exact) mass is 349 g/mol. The summed E-state index contributed by atoms with van der Waals surface area (Å²) < 4.78 is 4.83. The van der Waals surface area contributed by atoms with Gasteiger partial charge in [-0.1, -0.05) is 30.3 Å². The van der Waals surface area contributed by atoms with Gasteiger partial charge in [0.25, 0.3) is 5.91 Å². The van der Waals surface area contributed by atoms with E-state index in [1.54, 1.807) is 0 Å². The molecule has 0 bridgehead atoms. The number of carboxylic acid groups (broad SMARTS) is 1. The van der Waals surface area contributed by atoms with Crippen molar-refractivity contribution in [1.29, 1.82) is 0 Å². The lowest BCUT2D eigenvalue weighted by molar-refractivity contribution is -0.138. The molecule has 0 saturated carbocycles. The maximum atomic E-state index is 12.4. The van der Waals surface area contributed by atoms with Crippen molar-refractivity contribution in [2.75, 3.05) is 13.1 Å². The van der Waals surface area contributed by atoms with Crippen molar-refractivity contribution >= 4 is 17.8 Å². The lowest BCUT2D eigenvalue weighted by atomic mass is 10.0. The van der Waals surface area contributed by atoms with Gasteiger partial charge in [-0.25, -0.2) is 4.79 Å². The molecule has 0 unspecified atom stereocenters. The molecule has 0 spiro atoms. The van der Waals surface area contributed by atoms with Gasteiger partial charge in [0, 0.05) is 13.0 Å². The SMILES string of the molecule is NCCCCNC(=O)[C@H](Cc1ccccc1)NC(=O)[C@H]1O[C@@H]1C(=O)O. The summed E-state index contributed by atoms with van der Waals surface area (Å²) in [6, 6.07) is 8.46. The molecule has 136 valence electrons. The van der Waals surface area contributed by atoms with Gasteiger partial charge in [0.1, 0.15) is 6.04 Å². The van der Waals surface area contributed by atoms with E-state index in [1.165, 1.54) is 0 Å². The van der Waals surface area contributed by atoms with Crippen LogP contribution in [0.2, 0.25) is 0 Å². The van der Waals surface area contributed by atoms with E-state index in [9.17, 15) is 14.4 Å². The Morgan fingerprint density at radius 1 is 1.16 bits per heavy atom. The summed E-state index contributed by atoms with van der Waals surface area (Å²) in [6.45, 7) is 1.02. The second kappa shape index (κ2) is 9.14. The molecule has 1 fully saturated rings. The number of nitrogens with two attached hydrogens (primary N) is 1. The maximum absolute atomic E-state index is 12.4. The molecule has 3 atom stereocenters. The fraction of sp³-hybridized carbons (Fsp3) is 0.471. The van der Waals surface area contributed by atoms with Gasteiger partial charge in [0.15, 0.2) is 12.2 Å². The molecule has 2 amide bonds. The number of aliphatic carboxylic acids is 1. The van der Waals surface area contributed by atoms with Gasteiger partial charge in [-0.15, -0.1) is 0 Å². The number of benzene rings is 1. The molecule has 5 N–H and O–H groups in total. The van der Waals surface area contributed by atoms with Crippen LogP contribution in [0.1, 0.15) is 18.4 Å². The van der Waals surface area contributed by atoms with Crippen LogP contribution in [-0.4, -0.2) is 54.2 Å². The highest BCUT2D eigenvalue weighted by atomic mass is 16.6. The number of hydrogen-bond donors (Lipinski definition) is 4. The Labute approximate surface area is 145 Å². The van der Waals surface area contributed by atoms with Crippen LogP contribution in [0.3, 0.4) is 0 Å². The van der Waals surface area contributed by atoms with Crippen LogP contribution >= 0.6 is 0 Å². The number of rotatable bonds is 10. The quantitative estimate of drug-likeness (QED) is 0.330. The number of epoxide rings is 1. The summed E-state index contributed by atoms with van der Waals surface area (Å²) >= 11 is 0. The lowest BCUT2D eigenvalue weighted by Gasteiger charge is -2.18. The van der Waals surface area contributed by atoms with E-state index in [-0.39, 0.29) is 5.91 Å². The van der Waals surface area contributed by atoms with Crippen LogP contribution in [0.25, 0.3) is 0 Å². The topological polar surface area (TPSA) is 134 Å². The van der Waals surface area contributed by atoms with E-state index in [4.69, 9.17) is 15.6 Å². The van der Waals surface area contributed by atoms with Gasteiger partial charge in [-0.05, 0) is 24.9 Å². The van der Waals surface area contributed by atoms with E-state index in [1.807, 2.05) is 30.3 Å². The van der Waals surface area contributed by atoms with Crippen molar-refractivity contribution in [1.82, 2.24) is 10.6 Å². The first-order chi connectivity index (χ1) is 12.0. The minimum atomic E-state index is -1.19. The third-order valence-electron chi connectivity index (χ3n) is 3.84. The molecule has 8 heteroatoms. The van der Waals surface area contributed by atoms with Crippen LogP contribution in [0.15, 0.2) is 30.3 Å². The van der Waals surface area contributed by atoms with E-state index < -0.39 is 30.1 Å². The number of nitrogens with one attached hydrogen (secondary N) is 2. The first kappa shape index (κ1) is 18.9. The van der Waals surface area contributed by atoms with Gasteiger partial charge in [-0.3, -0.25) is 9.59 Å². The Morgan fingerprint density at radius 2 is 1.88 bits per heavy atom. The van der Waals surface area contributed by atoms with Gasteiger partial charge in [0.2, 0.25) is 5.91 Å². The van der Waals surface area contributed by atoms with Gasteiger partial charge in [0.05, 0.1) is 0 Å². The zero-order valence-electron chi connectivity index (χ0n) is 13.8. The van der Waals surface area contributed by atoms with Crippen LogP contribution in [0.4, 0.5) is 0 Å². The Kier molecular flexibility index (Phi) is 6.91. The molecule has 1 heterocycles. The molecule has 1 aromatic carbocycles. The second-order valence-electron chi connectivity index (χ2n) is 5.85. The van der Waals surface area contributed by atoms with Crippen molar-refractivity contribution in [3.63, 3.8) is 0 Å². The number of carboxylic acids is 1. The number of carbonyl (C=O) groups is 3. The summed E-state index contributed by atoms with van der Waals surface area (Å²) in [5, 5.41) is 14.2. The third-order valence-corrected chi connectivity index (χ3v) is 3.84. The van der Waals surface area contributed by atoms with Gasteiger partial charge < -0.3 is 26.2 Å². The maximum Gasteiger partial charge on any atom is 0.336 e. The highest BCUT2D eigenvalue weighted by Crippen LogP contribution is 2.22. The highest BCUT2D eigenvalue weighted by Gasteiger charge is 2.51. The first-order valence-corrected chi connectivity index (χ1v) is 8.23. The van der Waals surface area contributed by atoms with E-state index in [2.05, 4.69) is 10.6 Å².